The topological polar surface area (TPSA) is 115 Å². The van der Waals surface area contributed by atoms with Crippen molar-refractivity contribution in [3.8, 4) is 11.6 Å². The molecule has 2 N–H and O–H groups in total. The highest BCUT2D eigenvalue weighted by molar-refractivity contribution is 7.16. The Morgan fingerprint density at radius 3 is 2.52 bits per heavy atom. The minimum atomic E-state index is -4.41. The van der Waals surface area contributed by atoms with Crippen LogP contribution in [0.3, 0.4) is 0 Å². The van der Waals surface area contributed by atoms with E-state index < -0.39 is 17.8 Å². The van der Waals surface area contributed by atoms with Crippen LogP contribution in [0.2, 0.25) is 0 Å². The van der Waals surface area contributed by atoms with Crippen molar-refractivity contribution in [2.75, 3.05) is 23.8 Å². The summed E-state index contributed by atoms with van der Waals surface area (Å²) in [5.74, 6) is -0.260. The maximum atomic E-state index is 13.9. The van der Waals surface area contributed by atoms with E-state index in [4.69, 9.17) is 14.1 Å². The van der Waals surface area contributed by atoms with Gasteiger partial charge in [-0.05, 0) is 24.8 Å². The van der Waals surface area contributed by atoms with Gasteiger partial charge < -0.3 is 19.8 Å². The number of nitrogens with one attached hydrogen (secondary N) is 2. The first-order chi connectivity index (χ1) is 20.3. The third kappa shape index (κ3) is 4.86. The Bertz CT molecular complexity index is 1660. The Labute approximate surface area is 242 Å². The summed E-state index contributed by atoms with van der Waals surface area (Å²) in [6.07, 6.45) is -4.62. The molecule has 42 heavy (non-hydrogen) atoms. The van der Waals surface area contributed by atoms with E-state index in [1.807, 2.05) is 54.6 Å². The van der Waals surface area contributed by atoms with Crippen molar-refractivity contribution in [1.29, 1.82) is 0 Å². The molecule has 13 heteroatoms. The van der Waals surface area contributed by atoms with Gasteiger partial charge in [0.05, 0.1) is 18.4 Å². The van der Waals surface area contributed by atoms with Crippen molar-refractivity contribution < 1.29 is 27.1 Å². The maximum absolute atomic E-state index is 13.9. The second-order valence-corrected chi connectivity index (χ2v) is 11.6. The van der Waals surface area contributed by atoms with Gasteiger partial charge in [0.25, 0.3) is 5.89 Å². The number of Topliss-reactive ketones (excluding diaryl/α,β-unsaturated/α-hetero) is 1. The first-order valence-corrected chi connectivity index (χ1v) is 14.4. The Kier molecular flexibility index (Phi) is 6.58. The van der Waals surface area contributed by atoms with Crippen LogP contribution >= 0.6 is 11.3 Å². The molecule has 9 nitrogen and oxygen atoms in total. The van der Waals surface area contributed by atoms with Crippen molar-refractivity contribution in [3.05, 3.63) is 76.3 Å². The predicted octanol–water partition coefficient (Wildman–Crippen LogP) is 5.39. The highest BCUT2D eigenvalue weighted by Gasteiger charge is 2.66. The molecule has 2 aliphatic heterocycles. The summed E-state index contributed by atoms with van der Waals surface area (Å²) < 4.78 is 53.1. The number of hydrogen-bond acceptors (Lipinski definition) is 10. The number of hydrogen-bond donors (Lipinski definition) is 2. The van der Waals surface area contributed by atoms with Gasteiger partial charge in [0.2, 0.25) is 0 Å². The summed E-state index contributed by atoms with van der Waals surface area (Å²) in [7, 11) is 0. The number of nitrogens with zero attached hydrogens (tertiary/aromatic N) is 4. The van der Waals surface area contributed by atoms with Crippen LogP contribution in [-0.4, -0.2) is 58.3 Å². The molecule has 2 aromatic heterocycles. The fourth-order valence-corrected chi connectivity index (χ4v) is 6.54. The summed E-state index contributed by atoms with van der Waals surface area (Å²) >= 11 is 0.955. The number of carbonyl (C=O) groups excluding carboxylic acids is 1. The number of halogens is 3. The quantitative estimate of drug-likeness (QED) is 0.293. The molecule has 0 amide bonds. The number of benzene rings is 2. The van der Waals surface area contributed by atoms with Crippen LogP contribution in [-0.2, 0) is 21.4 Å². The van der Waals surface area contributed by atoms with Gasteiger partial charge in [-0.15, -0.1) is 5.10 Å². The van der Waals surface area contributed by atoms with E-state index in [1.54, 1.807) is 0 Å². The number of thiazole rings is 1. The third-order valence-corrected chi connectivity index (χ3v) is 8.92. The number of anilines is 2. The number of ketones is 1. The smallest absolute Gasteiger partial charge is 0.400 e. The van der Waals surface area contributed by atoms with Crippen molar-refractivity contribution in [1.82, 2.24) is 15.2 Å². The number of rotatable bonds is 7. The van der Waals surface area contributed by atoms with Crippen molar-refractivity contribution in [2.24, 2.45) is 4.99 Å². The SMILES string of the molecule is O=C1Cc2ccccc2C(c2ccccc2)=N[C@@H]1Nc1nnc(-c2nc(C3(C(F)(F)F)CC3)sc2N[C@@H]2CCOC2)o1. The molecule has 0 bridgehead atoms. The highest BCUT2D eigenvalue weighted by atomic mass is 32.1. The monoisotopic (exact) mass is 594 g/mol. The van der Waals surface area contributed by atoms with Crippen LogP contribution in [0.5, 0.6) is 0 Å². The van der Waals surface area contributed by atoms with Gasteiger partial charge in [-0.1, -0.05) is 71.0 Å². The predicted molar refractivity (Wildman–Crippen MR) is 150 cm³/mol. The molecule has 1 saturated heterocycles. The molecular formula is C29H25F3N6O3S. The van der Waals surface area contributed by atoms with Gasteiger partial charge in [0.1, 0.15) is 15.4 Å². The van der Waals surface area contributed by atoms with Gasteiger partial charge in [0.15, 0.2) is 17.6 Å². The molecular weight excluding hydrogens is 569 g/mol. The Morgan fingerprint density at radius 1 is 1.00 bits per heavy atom. The summed E-state index contributed by atoms with van der Waals surface area (Å²) in [5.41, 5.74) is 1.38. The number of ether oxygens (including phenoxy) is 1. The third-order valence-electron chi connectivity index (χ3n) is 7.73. The lowest BCUT2D eigenvalue weighted by atomic mass is 9.96. The zero-order valence-corrected chi connectivity index (χ0v) is 23.0. The van der Waals surface area contributed by atoms with Crippen molar-refractivity contribution >= 4 is 33.8 Å². The van der Waals surface area contributed by atoms with Crippen LogP contribution in [0.15, 0.2) is 64.0 Å². The lowest BCUT2D eigenvalue weighted by Crippen LogP contribution is -2.29. The average molecular weight is 595 g/mol. The minimum Gasteiger partial charge on any atom is -0.402 e. The largest absolute Gasteiger partial charge is 0.402 e. The second kappa shape index (κ2) is 10.3. The van der Waals surface area contributed by atoms with E-state index in [2.05, 4.69) is 25.8 Å². The number of aliphatic imine (C=N–C) groups is 1. The van der Waals surface area contributed by atoms with Gasteiger partial charge in [-0.25, -0.2) is 4.98 Å². The zero-order chi connectivity index (χ0) is 28.9. The number of alkyl halides is 3. The van der Waals surface area contributed by atoms with E-state index in [1.165, 1.54) is 0 Å². The normalized spacial score (nSPS) is 21.4. The summed E-state index contributed by atoms with van der Waals surface area (Å²) in [6, 6.07) is 17.0. The van der Waals surface area contributed by atoms with Crippen molar-refractivity contribution in [3.63, 3.8) is 0 Å². The molecule has 3 aliphatic rings. The molecule has 2 aromatic carbocycles. The van der Waals surface area contributed by atoms with Gasteiger partial charge in [-0.3, -0.25) is 9.79 Å². The number of carbonyl (C=O) groups is 1. The van der Waals surface area contributed by atoms with Crippen LogP contribution in [0.1, 0.15) is 41.0 Å². The Balaban J connectivity index is 1.21. The van der Waals surface area contributed by atoms with Gasteiger partial charge in [0, 0.05) is 24.2 Å². The van der Waals surface area contributed by atoms with E-state index in [9.17, 15) is 18.0 Å². The first-order valence-electron chi connectivity index (χ1n) is 13.6. The van der Waals surface area contributed by atoms with E-state index in [0.29, 0.717) is 30.3 Å². The van der Waals surface area contributed by atoms with E-state index >= 15 is 0 Å². The Morgan fingerprint density at radius 2 is 1.79 bits per heavy atom. The maximum Gasteiger partial charge on any atom is 0.400 e. The van der Waals surface area contributed by atoms with E-state index in [0.717, 1.165) is 28.0 Å². The van der Waals surface area contributed by atoms with Crippen LogP contribution in [0.25, 0.3) is 11.6 Å². The van der Waals surface area contributed by atoms with Crippen LogP contribution in [0, 0.1) is 0 Å². The lowest BCUT2D eigenvalue weighted by Gasteiger charge is -2.16. The average Bonchev–Trinajstić information content (AvgIpc) is 3.27. The Hall–Kier alpha value is -4.10. The molecule has 4 heterocycles. The summed E-state index contributed by atoms with van der Waals surface area (Å²) in [5, 5.41) is 14.7. The molecule has 1 aliphatic carbocycles. The molecule has 0 unspecified atom stereocenters. The standard InChI is InChI=1S/C29H25F3N6O3S/c30-29(31,32)28(11-12-28)26-35-22(25(42-26)33-18-10-13-40-15-18)24-37-38-27(41-24)36-23-20(39)14-17-8-4-5-9-19(17)21(34-23)16-6-2-1-3-7-16/h1-9,18,23,33H,10-15H2,(H,36,38)/t18-,23-/m1/s1. The minimum absolute atomic E-state index is 0.0139. The van der Waals surface area contributed by atoms with Crippen LogP contribution in [0.4, 0.5) is 24.2 Å². The highest BCUT2D eigenvalue weighted by Crippen LogP contribution is 2.60. The van der Waals surface area contributed by atoms with E-state index in [-0.39, 0.29) is 53.7 Å². The second-order valence-electron chi connectivity index (χ2n) is 10.6. The fourth-order valence-electron chi connectivity index (χ4n) is 5.24. The number of aromatic nitrogens is 3. The van der Waals surface area contributed by atoms with Gasteiger partial charge in [-0.2, -0.15) is 13.2 Å². The van der Waals surface area contributed by atoms with Gasteiger partial charge >= 0.3 is 12.2 Å². The molecule has 2 atom stereocenters. The summed E-state index contributed by atoms with van der Waals surface area (Å²) in [6.45, 7) is 0.992. The zero-order valence-electron chi connectivity index (χ0n) is 22.1. The lowest BCUT2D eigenvalue weighted by molar-refractivity contribution is -0.160. The van der Waals surface area contributed by atoms with Crippen LogP contribution < -0.4 is 10.6 Å². The molecule has 0 radical (unpaired) electrons. The molecule has 1 saturated carbocycles. The fraction of sp³-hybridized carbons (Fsp3) is 0.345. The molecule has 7 rings (SSSR count). The number of fused-ring (bicyclic) bond motifs is 1. The molecule has 0 spiro atoms. The van der Waals surface area contributed by atoms with Crippen molar-refractivity contribution in [2.45, 2.75) is 49.5 Å². The summed E-state index contributed by atoms with van der Waals surface area (Å²) in [4.78, 5) is 22.4. The molecule has 216 valence electrons. The first kappa shape index (κ1) is 26.8. The molecule has 4 aromatic rings. The molecule has 2 fully saturated rings.